The maximum Gasteiger partial charge on any atom is 0.101 e. The van der Waals surface area contributed by atoms with Gasteiger partial charge in [0.15, 0.2) is 0 Å². The maximum atomic E-state index is 14.2. The highest BCUT2D eigenvalue weighted by Gasteiger charge is 2.50. The number of aromatic nitrogens is 2. The Bertz CT molecular complexity index is 783. The number of ether oxygens (including phenoxy) is 1. The summed E-state index contributed by atoms with van der Waals surface area (Å²) < 4.78 is 19.9. The molecule has 28 heavy (non-hydrogen) atoms. The molecule has 4 rings (SSSR count). The van der Waals surface area contributed by atoms with Gasteiger partial charge in [0, 0.05) is 30.8 Å². The first kappa shape index (κ1) is 19.8. The Kier molecular flexibility index (Phi) is 5.25. The van der Waals surface area contributed by atoms with Crippen LogP contribution in [0.4, 0.5) is 4.39 Å². The van der Waals surface area contributed by atoms with E-state index in [9.17, 15) is 9.50 Å². The van der Waals surface area contributed by atoms with Crippen LogP contribution in [-0.2, 0) is 11.2 Å². The number of nitrogens with one attached hydrogen (secondary N) is 1. The lowest BCUT2D eigenvalue weighted by molar-refractivity contribution is -0.0889. The van der Waals surface area contributed by atoms with Crippen LogP contribution in [0.25, 0.3) is 10.9 Å². The number of nitrogens with zero attached hydrogens (tertiary/aromatic N) is 1. The molecule has 4 nitrogen and oxygen atoms in total. The summed E-state index contributed by atoms with van der Waals surface area (Å²) in [6.07, 6.45) is 8.21. The Balaban J connectivity index is 1.56. The third kappa shape index (κ3) is 3.97. The Morgan fingerprint density at radius 2 is 2.07 bits per heavy atom. The number of aliphatic hydroxyl groups is 1. The van der Waals surface area contributed by atoms with Gasteiger partial charge in [-0.2, -0.15) is 0 Å². The Hall–Kier alpha value is -1.46. The fraction of sp³-hybridized carbons (Fsp3) is 0.696. The molecule has 0 aromatic carbocycles. The molecule has 2 aromatic heterocycles. The van der Waals surface area contributed by atoms with Crippen LogP contribution in [0.3, 0.4) is 0 Å². The first-order chi connectivity index (χ1) is 13.3. The van der Waals surface area contributed by atoms with Gasteiger partial charge in [-0.15, -0.1) is 0 Å². The second kappa shape index (κ2) is 7.42. The van der Waals surface area contributed by atoms with Gasteiger partial charge < -0.3 is 14.8 Å². The van der Waals surface area contributed by atoms with Crippen molar-refractivity contribution in [2.24, 2.45) is 17.3 Å². The van der Waals surface area contributed by atoms with Crippen molar-refractivity contribution in [1.29, 1.82) is 0 Å². The molecular formula is C23H33FN2O2. The molecule has 2 saturated carbocycles. The molecule has 0 spiro atoms. The third-order valence-electron chi connectivity index (χ3n) is 7.10. The largest absolute Gasteiger partial charge is 0.389 e. The highest BCUT2D eigenvalue weighted by atomic mass is 19.1. The van der Waals surface area contributed by atoms with E-state index >= 15 is 0 Å². The molecule has 0 amide bonds. The molecule has 2 aromatic rings. The molecule has 4 unspecified atom stereocenters. The van der Waals surface area contributed by atoms with E-state index in [1.54, 1.807) is 13.3 Å². The predicted octanol–water partition coefficient (Wildman–Crippen LogP) is 4.82. The minimum absolute atomic E-state index is 0.0737. The van der Waals surface area contributed by atoms with Crippen molar-refractivity contribution < 1.29 is 14.2 Å². The van der Waals surface area contributed by atoms with Crippen molar-refractivity contribution >= 4 is 10.9 Å². The number of methoxy groups -OCH3 is 1. The van der Waals surface area contributed by atoms with Gasteiger partial charge in [0.1, 0.15) is 6.17 Å². The average Bonchev–Trinajstić information content (AvgIpc) is 3.43. The SMILES string of the molecule is COC1CCC(F)CC1C(C)(C)CC(O)(Cc1cc2ccncc2[nH]1)C1CC1. The lowest BCUT2D eigenvalue weighted by Gasteiger charge is -2.46. The summed E-state index contributed by atoms with van der Waals surface area (Å²) in [5.41, 5.74) is 1.07. The molecule has 0 aliphatic heterocycles. The Morgan fingerprint density at radius 3 is 2.75 bits per heavy atom. The molecule has 5 heteroatoms. The zero-order chi connectivity index (χ0) is 19.9. The van der Waals surface area contributed by atoms with Gasteiger partial charge in [0.05, 0.1) is 23.4 Å². The van der Waals surface area contributed by atoms with Crippen LogP contribution in [0.15, 0.2) is 24.5 Å². The van der Waals surface area contributed by atoms with E-state index in [-0.39, 0.29) is 17.4 Å². The fourth-order valence-corrected chi connectivity index (χ4v) is 5.55. The number of halogens is 1. The van der Waals surface area contributed by atoms with Crippen LogP contribution in [-0.4, -0.2) is 40.1 Å². The summed E-state index contributed by atoms with van der Waals surface area (Å²) in [6.45, 7) is 4.37. The summed E-state index contributed by atoms with van der Waals surface area (Å²) >= 11 is 0. The monoisotopic (exact) mass is 388 g/mol. The lowest BCUT2D eigenvalue weighted by atomic mass is 9.63. The molecule has 0 saturated heterocycles. The number of pyridine rings is 1. The summed E-state index contributed by atoms with van der Waals surface area (Å²) in [5.74, 6) is 0.445. The number of hydrogen-bond donors (Lipinski definition) is 2. The van der Waals surface area contributed by atoms with Crippen LogP contribution in [0.5, 0.6) is 0 Å². The standard InChI is InChI=1S/C23H33FN2O2/c1-22(2,19-11-17(24)6-7-21(19)28-3)14-23(27,16-4-5-16)12-18-10-15-8-9-25-13-20(15)26-18/h8-10,13,16-17,19,21,26-27H,4-7,11-12,14H2,1-3H3. The van der Waals surface area contributed by atoms with Crippen molar-refractivity contribution in [2.75, 3.05) is 7.11 Å². The molecule has 2 aliphatic carbocycles. The van der Waals surface area contributed by atoms with Crippen LogP contribution < -0.4 is 0 Å². The van der Waals surface area contributed by atoms with E-state index in [1.165, 1.54) is 0 Å². The van der Waals surface area contributed by atoms with E-state index in [1.807, 2.05) is 12.3 Å². The topological polar surface area (TPSA) is 58.1 Å². The van der Waals surface area contributed by atoms with Crippen molar-refractivity contribution in [1.82, 2.24) is 9.97 Å². The molecule has 2 N–H and O–H groups in total. The number of fused-ring (bicyclic) bond motifs is 1. The molecule has 2 fully saturated rings. The van der Waals surface area contributed by atoms with E-state index in [0.29, 0.717) is 31.6 Å². The quantitative estimate of drug-likeness (QED) is 0.715. The second-order valence-corrected chi connectivity index (χ2v) is 9.77. The van der Waals surface area contributed by atoms with Gasteiger partial charge in [-0.1, -0.05) is 13.8 Å². The second-order valence-electron chi connectivity index (χ2n) is 9.77. The van der Waals surface area contributed by atoms with Crippen molar-refractivity contribution in [3.8, 4) is 0 Å². The summed E-state index contributed by atoms with van der Waals surface area (Å²) in [4.78, 5) is 7.59. The molecule has 154 valence electrons. The van der Waals surface area contributed by atoms with Crippen LogP contribution in [0, 0.1) is 17.3 Å². The number of aromatic amines is 1. The highest BCUT2D eigenvalue weighted by Crippen LogP contribution is 2.51. The molecule has 2 aliphatic rings. The third-order valence-corrected chi connectivity index (χ3v) is 7.10. The zero-order valence-corrected chi connectivity index (χ0v) is 17.2. The van der Waals surface area contributed by atoms with E-state index < -0.39 is 11.8 Å². The number of H-pyrrole nitrogens is 1. The van der Waals surface area contributed by atoms with Gasteiger partial charge >= 0.3 is 0 Å². The van der Waals surface area contributed by atoms with Crippen molar-refractivity contribution in [3.63, 3.8) is 0 Å². The fourth-order valence-electron chi connectivity index (χ4n) is 5.55. The first-order valence-electron chi connectivity index (χ1n) is 10.6. The minimum atomic E-state index is -0.778. The highest BCUT2D eigenvalue weighted by molar-refractivity contribution is 5.79. The van der Waals surface area contributed by atoms with Crippen LogP contribution in [0.1, 0.15) is 58.1 Å². The van der Waals surface area contributed by atoms with Gasteiger partial charge in [-0.3, -0.25) is 4.98 Å². The Morgan fingerprint density at radius 1 is 1.29 bits per heavy atom. The number of hydrogen-bond acceptors (Lipinski definition) is 3. The normalized spacial score (nSPS) is 28.4. The molecule has 2 heterocycles. The summed E-state index contributed by atoms with van der Waals surface area (Å²) in [5, 5.41) is 12.9. The van der Waals surface area contributed by atoms with Crippen molar-refractivity contribution in [3.05, 3.63) is 30.2 Å². The van der Waals surface area contributed by atoms with Crippen molar-refractivity contribution in [2.45, 2.75) is 76.7 Å². The average molecular weight is 389 g/mol. The number of rotatable bonds is 7. The van der Waals surface area contributed by atoms with E-state index in [4.69, 9.17) is 4.74 Å². The van der Waals surface area contributed by atoms with Gasteiger partial charge in [0.25, 0.3) is 0 Å². The van der Waals surface area contributed by atoms with Gasteiger partial charge in [-0.25, -0.2) is 4.39 Å². The van der Waals surface area contributed by atoms with Gasteiger partial charge in [-0.05, 0) is 67.9 Å². The smallest absolute Gasteiger partial charge is 0.101 e. The maximum absolute atomic E-state index is 14.2. The number of alkyl halides is 1. The van der Waals surface area contributed by atoms with Gasteiger partial charge in [0.2, 0.25) is 0 Å². The first-order valence-corrected chi connectivity index (χ1v) is 10.6. The molecule has 0 bridgehead atoms. The van der Waals surface area contributed by atoms with Crippen LogP contribution in [0.2, 0.25) is 0 Å². The van der Waals surface area contributed by atoms with E-state index in [0.717, 1.165) is 35.9 Å². The van der Waals surface area contributed by atoms with E-state index in [2.05, 4.69) is 29.9 Å². The molecule has 4 atom stereocenters. The summed E-state index contributed by atoms with van der Waals surface area (Å²) in [6, 6.07) is 4.11. The zero-order valence-electron chi connectivity index (χ0n) is 17.2. The minimum Gasteiger partial charge on any atom is -0.389 e. The lowest BCUT2D eigenvalue weighted by Crippen LogP contribution is -2.47. The summed E-state index contributed by atoms with van der Waals surface area (Å²) in [7, 11) is 1.73. The molecular weight excluding hydrogens is 355 g/mol. The van der Waals surface area contributed by atoms with Crippen LogP contribution >= 0.6 is 0 Å². The molecule has 0 radical (unpaired) electrons. The predicted molar refractivity (Wildman–Crippen MR) is 109 cm³/mol. The Labute approximate surface area is 166 Å².